The molecule has 0 fully saturated rings. The van der Waals surface area contributed by atoms with Gasteiger partial charge in [0.2, 0.25) is 0 Å². The van der Waals surface area contributed by atoms with Crippen molar-refractivity contribution in [3.8, 4) is 0 Å². The number of hydrogen-bond acceptors (Lipinski definition) is 2. The van der Waals surface area contributed by atoms with Crippen molar-refractivity contribution in [2.75, 3.05) is 0 Å². The molecule has 20 heavy (non-hydrogen) atoms. The molecule has 0 spiro atoms. The summed E-state index contributed by atoms with van der Waals surface area (Å²) >= 11 is 0. The Labute approximate surface area is 117 Å². The van der Waals surface area contributed by atoms with Gasteiger partial charge in [0.15, 0.2) is 0 Å². The molecule has 0 saturated heterocycles. The average Bonchev–Trinajstić information content (AvgIpc) is 2.36. The fourth-order valence-electron chi connectivity index (χ4n) is 1.56. The molecule has 0 heterocycles. The summed E-state index contributed by atoms with van der Waals surface area (Å²) in [5, 5.41) is 0. The maximum absolute atomic E-state index is 12.0. The fraction of sp³-hybridized carbons (Fsp3) is 0.467. The summed E-state index contributed by atoms with van der Waals surface area (Å²) in [6, 6.07) is 0. The molecule has 5 heteroatoms. The van der Waals surface area contributed by atoms with E-state index in [4.69, 9.17) is 4.74 Å². The number of allylic oxidation sites excluding steroid dienone is 4. The van der Waals surface area contributed by atoms with Gasteiger partial charge in [0.25, 0.3) is 0 Å². The molecule has 0 N–H and O–H groups in total. The summed E-state index contributed by atoms with van der Waals surface area (Å²) in [4.78, 5) is 0. The highest BCUT2D eigenvalue weighted by molar-refractivity contribution is 5.21. The van der Waals surface area contributed by atoms with E-state index in [9.17, 15) is 13.2 Å². The van der Waals surface area contributed by atoms with Gasteiger partial charge in [-0.2, -0.15) is 0 Å². The van der Waals surface area contributed by atoms with Gasteiger partial charge in [-0.05, 0) is 37.5 Å². The number of unbranched alkanes of at least 4 members (excludes halogenated alkanes) is 1. The maximum atomic E-state index is 12.0. The SMILES string of the molecule is CCC/C=C\C(C)=C/OC1=CCC(OC(F)(F)F)C=C1. The molecule has 1 atom stereocenters. The standard InChI is InChI=1S/C15H19F3O2/c1-3-4-5-6-12(2)11-19-13-7-9-14(10-8-13)20-15(16,17)18/h5-9,11,14H,3-4,10H2,1-2H3/b6-5-,12-11-. The summed E-state index contributed by atoms with van der Waals surface area (Å²) in [7, 11) is 0. The third kappa shape index (κ3) is 7.19. The predicted octanol–water partition coefficient (Wildman–Crippen LogP) is 5.01. The first-order chi connectivity index (χ1) is 9.40. The van der Waals surface area contributed by atoms with Gasteiger partial charge in [0.1, 0.15) is 5.76 Å². The van der Waals surface area contributed by atoms with Crippen molar-refractivity contribution in [3.63, 3.8) is 0 Å². The predicted molar refractivity (Wildman–Crippen MR) is 71.7 cm³/mol. The Hall–Kier alpha value is -1.49. The third-order valence-electron chi connectivity index (χ3n) is 2.53. The van der Waals surface area contributed by atoms with Crippen LogP contribution in [-0.4, -0.2) is 12.5 Å². The van der Waals surface area contributed by atoms with Crippen molar-refractivity contribution in [2.24, 2.45) is 0 Å². The van der Waals surface area contributed by atoms with Gasteiger partial charge in [0, 0.05) is 0 Å². The lowest BCUT2D eigenvalue weighted by Gasteiger charge is -2.17. The van der Waals surface area contributed by atoms with E-state index >= 15 is 0 Å². The van der Waals surface area contributed by atoms with Gasteiger partial charge < -0.3 is 4.74 Å². The largest absolute Gasteiger partial charge is 0.523 e. The Kier molecular flexibility index (Phi) is 6.58. The lowest BCUT2D eigenvalue weighted by Crippen LogP contribution is -2.22. The Morgan fingerprint density at radius 3 is 2.75 bits per heavy atom. The number of halogens is 3. The second-order valence-corrected chi connectivity index (χ2v) is 4.47. The van der Waals surface area contributed by atoms with Crippen LogP contribution in [0.3, 0.4) is 0 Å². The molecule has 0 aromatic heterocycles. The van der Waals surface area contributed by atoms with Crippen molar-refractivity contribution < 1.29 is 22.6 Å². The lowest BCUT2D eigenvalue weighted by atomic mass is 10.1. The number of rotatable bonds is 6. The van der Waals surface area contributed by atoms with Crippen LogP contribution in [0.15, 0.2) is 48.0 Å². The molecule has 1 aliphatic carbocycles. The molecular weight excluding hydrogens is 269 g/mol. The highest BCUT2D eigenvalue weighted by Gasteiger charge is 2.32. The molecule has 0 bridgehead atoms. The Morgan fingerprint density at radius 1 is 1.45 bits per heavy atom. The van der Waals surface area contributed by atoms with E-state index in [1.165, 1.54) is 12.2 Å². The normalized spacial score (nSPS) is 20.4. The molecule has 1 aliphatic rings. The zero-order valence-electron chi connectivity index (χ0n) is 11.6. The van der Waals surface area contributed by atoms with Crippen LogP contribution in [0, 0.1) is 0 Å². The molecule has 1 rings (SSSR count). The Balaban J connectivity index is 2.41. The van der Waals surface area contributed by atoms with Crippen LogP contribution in [0.4, 0.5) is 13.2 Å². The summed E-state index contributed by atoms with van der Waals surface area (Å²) in [5.74, 6) is 0.523. The van der Waals surface area contributed by atoms with Crippen LogP contribution >= 0.6 is 0 Å². The van der Waals surface area contributed by atoms with E-state index in [-0.39, 0.29) is 6.42 Å². The lowest BCUT2D eigenvalue weighted by molar-refractivity contribution is -0.336. The van der Waals surface area contributed by atoms with Gasteiger partial charge in [-0.1, -0.05) is 31.6 Å². The second kappa shape index (κ2) is 7.94. The van der Waals surface area contributed by atoms with E-state index < -0.39 is 12.5 Å². The molecule has 0 aliphatic heterocycles. The average molecular weight is 288 g/mol. The number of alkyl halides is 3. The van der Waals surface area contributed by atoms with E-state index in [1.54, 1.807) is 12.3 Å². The Morgan fingerprint density at radius 2 is 2.20 bits per heavy atom. The zero-order valence-corrected chi connectivity index (χ0v) is 11.6. The van der Waals surface area contributed by atoms with Gasteiger partial charge in [0.05, 0.1) is 12.4 Å². The highest BCUT2D eigenvalue weighted by atomic mass is 19.4. The minimum atomic E-state index is -4.61. The Bertz CT molecular complexity index is 417. The van der Waals surface area contributed by atoms with Crippen LogP contribution in [0.2, 0.25) is 0 Å². The molecule has 112 valence electrons. The molecule has 0 amide bonds. The van der Waals surface area contributed by atoms with Crippen LogP contribution in [0.5, 0.6) is 0 Å². The number of ether oxygens (including phenoxy) is 2. The van der Waals surface area contributed by atoms with Crippen molar-refractivity contribution in [1.82, 2.24) is 0 Å². The molecule has 0 aromatic carbocycles. The monoisotopic (exact) mass is 288 g/mol. The molecule has 0 aromatic rings. The minimum Gasteiger partial charge on any atom is -0.465 e. The van der Waals surface area contributed by atoms with Gasteiger partial charge in [-0.3, -0.25) is 4.74 Å². The summed E-state index contributed by atoms with van der Waals surface area (Å²) in [6.45, 7) is 3.99. The first kappa shape index (κ1) is 16.6. The molecule has 0 radical (unpaired) electrons. The highest BCUT2D eigenvalue weighted by Crippen LogP contribution is 2.24. The van der Waals surface area contributed by atoms with Crippen molar-refractivity contribution >= 4 is 0 Å². The quantitative estimate of drug-likeness (QED) is 0.505. The maximum Gasteiger partial charge on any atom is 0.523 e. The number of hydrogen-bond donors (Lipinski definition) is 0. The fourth-order valence-corrected chi connectivity index (χ4v) is 1.56. The van der Waals surface area contributed by atoms with Gasteiger partial charge in [-0.25, -0.2) is 0 Å². The summed E-state index contributed by atoms with van der Waals surface area (Å²) in [6.07, 6.45) is 6.63. The summed E-state index contributed by atoms with van der Waals surface area (Å²) in [5.41, 5.74) is 0.946. The summed E-state index contributed by atoms with van der Waals surface area (Å²) < 4.78 is 45.3. The topological polar surface area (TPSA) is 18.5 Å². The zero-order chi connectivity index (χ0) is 15.0. The first-order valence-electron chi connectivity index (χ1n) is 6.53. The minimum absolute atomic E-state index is 0.143. The van der Waals surface area contributed by atoms with E-state index in [0.29, 0.717) is 5.76 Å². The molecule has 0 saturated carbocycles. The van der Waals surface area contributed by atoms with Crippen molar-refractivity contribution in [3.05, 3.63) is 48.0 Å². The molecule has 1 unspecified atom stereocenters. The van der Waals surface area contributed by atoms with Crippen LogP contribution in [0.25, 0.3) is 0 Å². The van der Waals surface area contributed by atoms with E-state index in [1.807, 2.05) is 19.1 Å². The van der Waals surface area contributed by atoms with Crippen LogP contribution < -0.4 is 0 Å². The van der Waals surface area contributed by atoms with Crippen LogP contribution in [0.1, 0.15) is 33.1 Å². The van der Waals surface area contributed by atoms with E-state index in [0.717, 1.165) is 18.4 Å². The van der Waals surface area contributed by atoms with Gasteiger partial charge >= 0.3 is 6.36 Å². The third-order valence-corrected chi connectivity index (χ3v) is 2.53. The second-order valence-electron chi connectivity index (χ2n) is 4.47. The van der Waals surface area contributed by atoms with Crippen molar-refractivity contribution in [1.29, 1.82) is 0 Å². The van der Waals surface area contributed by atoms with Crippen LogP contribution in [-0.2, 0) is 9.47 Å². The van der Waals surface area contributed by atoms with Crippen molar-refractivity contribution in [2.45, 2.75) is 45.6 Å². The first-order valence-corrected chi connectivity index (χ1v) is 6.53. The smallest absolute Gasteiger partial charge is 0.465 e. The molecular formula is C15H19F3O2. The molecule has 2 nitrogen and oxygen atoms in total. The van der Waals surface area contributed by atoms with Gasteiger partial charge in [-0.15, -0.1) is 13.2 Å². The van der Waals surface area contributed by atoms with E-state index in [2.05, 4.69) is 11.7 Å².